The topological polar surface area (TPSA) is 103 Å². The monoisotopic (exact) mass is 369 g/mol. The van der Waals surface area contributed by atoms with Crippen LogP contribution in [0.4, 0.5) is 11.5 Å². The van der Waals surface area contributed by atoms with Crippen LogP contribution in [0.2, 0.25) is 0 Å². The van der Waals surface area contributed by atoms with Crippen molar-refractivity contribution in [2.75, 3.05) is 11.1 Å². The van der Waals surface area contributed by atoms with Gasteiger partial charge in [-0.2, -0.15) is 0 Å². The second-order valence-corrected chi connectivity index (χ2v) is 7.46. The molecule has 4 rings (SSSR count). The maximum Gasteiger partial charge on any atom is 0.266 e. The van der Waals surface area contributed by atoms with Gasteiger partial charge in [-0.3, -0.25) is 14.2 Å². The first-order valence-corrected chi connectivity index (χ1v) is 9.42. The average Bonchev–Trinajstić information content (AvgIpc) is 2.80. The Morgan fingerprint density at radius 3 is 2.92 bits per heavy atom. The number of pyridine rings is 1. The summed E-state index contributed by atoms with van der Waals surface area (Å²) in [4.78, 5) is 35.4. The molecule has 3 N–H and O–H groups in total. The number of thiophene rings is 1. The smallest absolute Gasteiger partial charge is 0.266 e. The molecule has 0 fully saturated rings. The molecule has 1 aliphatic rings. The van der Waals surface area contributed by atoms with Gasteiger partial charge in [-0.25, -0.2) is 9.97 Å². The molecule has 0 radical (unpaired) electrons. The van der Waals surface area contributed by atoms with Gasteiger partial charge in [0.15, 0.2) is 0 Å². The molecule has 0 unspecified atom stereocenters. The molecule has 3 aromatic heterocycles. The SMILES string of the molecule is Cc1c(C(=O)Nc2ccc(N)nc2)sc2nc3n(c(=O)c12)CCCCC3. The number of carbonyl (C=O) groups excluding carboxylic acids is 1. The number of hydrogen-bond acceptors (Lipinski definition) is 6. The van der Waals surface area contributed by atoms with Crippen LogP contribution < -0.4 is 16.6 Å². The lowest BCUT2D eigenvalue weighted by Gasteiger charge is -2.08. The third-order valence-corrected chi connectivity index (χ3v) is 5.85. The summed E-state index contributed by atoms with van der Waals surface area (Å²) in [5.41, 5.74) is 6.77. The van der Waals surface area contributed by atoms with Crippen LogP contribution in [-0.2, 0) is 13.0 Å². The van der Waals surface area contributed by atoms with Gasteiger partial charge in [-0.15, -0.1) is 11.3 Å². The number of aromatic nitrogens is 3. The van der Waals surface area contributed by atoms with Crippen LogP contribution in [0.3, 0.4) is 0 Å². The molecule has 1 amide bonds. The lowest BCUT2D eigenvalue weighted by Crippen LogP contribution is -2.24. The van der Waals surface area contributed by atoms with Crippen molar-refractivity contribution in [3.05, 3.63) is 44.9 Å². The van der Waals surface area contributed by atoms with E-state index in [1.807, 2.05) is 6.92 Å². The minimum atomic E-state index is -0.267. The third-order valence-electron chi connectivity index (χ3n) is 4.66. The van der Waals surface area contributed by atoms with E-state index in [2.05, 4.69) is 10.3 Å². The van der Waals surface area contributed by atoms with Crippen LogP contribution in [0.5, 0.6) is 0 Å². The van der Waals surface area contributed by atoms with Crippen LogP contribution in [0.25, 0.3) is 10.2 Å². The molecule has 0 saturated heterocycles. The zero-order valence-corrected chi connectivity index (χ0v) is 15.2. The summed E-state index contributed by atoms with van der Waals surface area (Å²) in [7, 11) is 0. The molecule has 0 aromatic carbocycles. The van der Waals surface area contributed by atoms with Crippen molar-refractivity contribution in [2.24, 2.45) is 0 Å². The van der Waals surface area contributed by atoms with Gasteiger partial charge < -0.3 is 11.1 Å². The molecule has 3 aromatic rings. The Kier molecular flexibility index (Phi) is 4.20. The van der Waals surface area contributed by atoms with Gasteiger partial charge in [0.25, 0.3) is 11.5 Å². The standard InChI is InChI=1S/C18H19N5O2S/c1-10-14-17(22-13-5-3-2-4-8-23(13)18(14)25)26-15(10)16(24)21-11-6-7-12(19)20-9-11/h6-7,9H,2-5,8H2,1H3,(H2,19,20)(H,21,24). The van der Waals surface area contributed by atoms with Gasteiger partial charge in [0.2, 0.25) is 0 Å². The molecular formula is C18H19N5O2S. The lowest BCUT2D eigenvalue weighted by atomic mass is 10.2. The lowest BCUT2D eigenvalue weighted by molar-refractivity contribution is 0.103. The fourth-order valence-corrected chi connectivity index (χ4v) is 4.38. The highest BCUT2D eigenvalue weighted by Crippen LogP contribution is 2.29. The van der Waals surface area contributed by atoms with Crippen LogP contribution in [0, 0.1) is 6.92 Å². The number of fused-ring (bicyclic) bond motifs is 2. The quantitative estimate of drug-likeness (QED) is 0.723. The number of nitrogens with one attached hydrogen (secondary N) is 1. The normalized spacial score (nSPS) is 14.0. The van der Waals surface area contributed by atoms with Crippen molar-refractivity contribution < 1.29 is 4.79 Å². The molecular weight excluding hydrogens is 350 g/mol. The summed E-state index contributed by atoms with van der Waals surface area (Å²) in [6, 6.07) is 3.32. The number of nitrogens with two attached hydrogens (primary N) is 1. The van der Waals surface area contributed by atoms with Gasteiger partial charge in [-0.05, 0) is 37.5 Å². The van der Waals surface area contributed by atoms with Crippen molar-refractivity contribution >= 4 is 39.0 Å². The van der Waals surface area contributed by atoms with Crippen molar-refractivity contribution in [1.82, 2.24) is 14.5 Å². The van der Waals surface area contributed by atoms with Crippen LogP contribution in [-0.4, -0.2) is 20.4 Å². The number of carbonyl (C=O) groups is 1. The zero-order chi connectivity index (χ0) is 18.3. The summed E-state index contributed by atoms with van der Waals surface area (Å²) in [6.07, 6.45) is 5.45. The zero-order valence-electron chi connectivity index (χ0n) is 14.4. The Bertz CT molecular complexity index is 1050. The first kappa shape index (κ1) is 16.7. The Hall–Kier alpha value is -2.74. The molecule has 134 valence electrons. The van der Waals surface area contributed by atoms with Gasteiger partial charge >= 0.3 is 0 Å². The number of nitrogen functional groups attached to an aromatic ring is 1. The van der Waals surface area contributed by atoms with E-state index in [1.165, 1.54) is 17.5 Å². The number of rotatable bonds is 2. The Morgan fingerprint density at radius 1 is 1.31 bits per heavy atom. The predicted octanol–water partition coefficient (Wildman–Crippen LogP) is 2.72. The van der Waals surface area contributed by atoms with Crippen molar-refractivity contribution in [3.8, 4) is 0 Å². The summed E-state index contributed by atoms with van der Waals surface area (Å²) in [5, 5.41) is 3.36. The fraction of sp³-hybridized carbons (Fsp3) is 0.333. The van der Waals surface area contributed by atoms with Crippen LogP contribution >= 0.6 is 11.3 Å². The molecule has 0 saturated carbocycles. The summed E-state index contributed by atoms with van der Waals surface area (Å²) in [5.74, 6) is 0.951. The molecule has 0 aliphatic carbocycles. The van der Waals surface area contributed by atoms with E-state index in [4.69, 9.17) is 10.7 Å². The predicted molar refractivity (Wildman–Crippen MR) is 103 cm³/mol. The summed E-state index contributed by atoms with van der Waals surface area (Å²) in [6.45, 7) is 2.51. The second kappa shape index (κ2) is 6.53. The van der Waals surface area contributed by atoms with E-state index < -0.39 is 0 Å². The van der Waals surface area contributed by atoms with Gasteiger partial charge in [0.05, 0.1) is 22.1 Å². The number of amides is 1. The molecule has 7 nitrogen and oxygen atoms in total. The third kappa shape index (κ3) is 2.86. The fourth-order valence-electron chi connectivity index (χ4n) is 3.29. The molecule has 4 heterocycles. The molecule has 0 spiro atoms. The van der Waals surface area contributed by atoms with E-state index in [0.717, 1.165) is 31.5 Å². The van der Waals surface area contributed by atoms with E-state index in [1.54, 1.807) is 16.7 Å². The van der Waals surface area contributed by atoms with Gasteiger partial charge in [-0.1, -0.05) is 6.42 Å². The van der Waals surface area contributed by atoms with E-state index in [0.29, 0.717) is 38.7 Å². The van der Waals surface area contributed by atoms with Crippen molar-refractivity contribution in [3.63, 3.8) is 0 Å². The number of nitrogens with zero attached hydrogens (tertiary/aromatic N) is 3. The molecule has 26 heavy (non-hydrogen) atoms. The van der Waals surface area contributed by atoms with Crippen molar-refractivity contribution in [1.29, 1.82) is 0 Å². The van der Waals surface area contributed by atoms with E-state index in [9.17, 15) is 9.59 Å². The Labute approximate surface area is 153 Å². The Morgan fingerprint density at radius 2 is 2.15 bits per heavy atom. The highest BCUT2D eigenvalue weighted by atomic mass is 32.1. The largest absolute Gasteiger partial charge is 0.384 e. The molecule has 0 bridgehead atoms. The number of aryl methyl sites for hydroxylation is 2. The molecule has 8 heteroatoms. The Balaban J connectivity index is 1.75. The maximum atomic E-state index is 13.0. The van der Waals surface area contributed by atoms with E-state index >= 15 is 0 Å². The maximum absolute atomic E-state index is 13.0. The highest BCUT2D eigenvalue weighted by molar-refractivity contribution is 7.20. The number of hydrogen-bond donors (Lipinski definition) is 2. The second-order valence-electron chi connectivity index (χ2n) is 6.46. The summed E-state index contributed by atoms with van der Waals surface area (Å²) < 4.78 is 1.78. The first-order chi connectivity index (χ1) is 12.5. The van der Waals surface area contributed by atoms with Gasteiger partial charge in [0.1, 0.15) is 16.5 Å². The average molecular weight is 369 g/mol. The van der Waals surface area contributed by atoms with Gasteiger partial charge in [0, 0.05) is 13.0 Å². The minimum Gasteiger partial charge on any atom is -0.384 e. The van der Waals surface area contributed by atoms with Crippen LogP contribution in [0.1, 0.15) is 40.3 Å². The molecule has 1 aliphatic heterocycles. The van der Waals surface area contributed by atoms with E-state index in [-0.39, 0.29) is 11.5 Å². The highest BCUT2D eigenvalue weighted by Gasteiger charge is 2.22. The summed E-state index contributed by atoms with van der Waals surface area (Å²) >= 11 is 1.27. The van der Waals surface area contributed by atoms with Crippen LogP contribution in [0.15, 0.2) is 23.1 Å². The number of anilines is 2. The first-order valence-electron chi connectivity index (χ1n) is 8.60. The minimum absolute atomic E-state index is 0.0335. The van der Waals surface area contributed by atoms with Crippen molar-refractivity contribution in [2.45, 2.75) is 39.2 Å². The molecule has 0 atom stereocenters.